The molecule has 1 heterocycles. The number of rotatable bonds is 2. The van der Waals surface area contributed by atoms with Gasteiger partial charge in [0, 0.05) is 6.04 Å². The second-order valence-electron chi connectivity index (χ2n) is 6.21. The topological polar surface area (TPSA) is 41.1 Å². The molecular weight excluding hydrogens is 212 g/mol. The van der Waals surface area contributed by atoms with Crippen LogP contribution >= 0.6 is 0 Å². The van der Waals surface area contributed by atoms with E-state index in [1.54, 1.807) is 0 Å². The van der Waals surface area contributed by atoms with E-state index in [4.69, 9.17) is 0 Å². The van der Waals surface area contributed by atoms with Crippen LogP contribution in [0.25, 0.3) is 0 Å². The van der Waals surface area contributed by atoms with Crippen LogP contribution in [0.1, 0.15) is 52.9 Å². The number of carbonyl (C=O) groups excluding carboxylic acids is 1. The summed E-state index contributed by atoms with van der Waals surface area (Å²) >= 11 is 0. The molecule has 4 unspecified atom stereocenters. The van der Waals surface area contributed by atoms with Crippen molar-refractivity contribution in [2.45, 2.75) is 64.5 Å². The predicted molar refractivity (Wildman–Crippen MR) is 69.8 cm³/mol. The Kier molecular flexibility index (Phi) is 3.76. The first-order chi connectivity index (χ1) is 8.03. The average Bonchev–Trinajstić information content (AvgIpc) is 2.62. The van der Waals surface area contributed by atoms with Crippen LogP contribution in [0.5, 0.6) is 0 Å². The van der Waals surface area contributed by atoms with Gasteiger partial charge in [0.05, 0.1) is 5.54 Å². The molecule has 98 valence electrons. The fraction of sp³-hybridized carbons (Fsp3) is 0.929. The first-order valence-corrected chi connectivity index (χ1v) is 7.09. The highest BCUT2D eigenvalue weighted by Crippen LogP contribution is 2.31. The fourth-order valence-corrected chi connectivity index (χ4v) is 3.15. The third kappa shape index (κ3) is 2.65. The van der Waals surface area contributed by atoms with Crippen molar-refractivity contribution in [3.05, 3.63) is 0 Å². The molecule has 0 aromatic rings. The number of carbonyl (C=O) groups is 1. The van der Waals surface area contributed by atoms with Gasteiger partial charge in [-0.15, -0.1) is 0 Å². The second-order valence-corrected chi connectivity index (χ2v) is 6.21. The zero-order valence-corrected chi connectivity index (χ0v) is 11.4. The van der Waals surface area contributed by atoms with E-state index in [1.165, 1.54) is 12.8 Å². The van der Waals surface area contributed by atoms with Crippen molar-refractivity contribution >= 4 is 5.91 Å². The molecule has 0 aromatic carbocycles. The Morgan fingerprint density at radius 2 is 2.06 bits per heavy atom. The molecule has 0 bridgehead atoms. The van der Waals surface area contributed by atoms with Gasteiger partial charge < -0.3 is 10.6 Å². The molecule has 2 N–H and O–H groups in total. The lowest BCUT2D eigenvalue weighted by atomic mass is 9.89. The standard InChI is InChI=1S/C14H26N2O/c1-10-6-7-12(11(10)2)16-13(17)14(3)8-4-5-9-15-14/h10-12,15H,4-9H2,1-3H3,(H,16,17). The Morgan fingerprint density at radius 3 is 2.59 bits per heavy atom. The summed E-state index contributed by atoms with van der Waals surface area (Å²) < 4.78 is 0. The summed E-state index contributed by atoms with van der Waals surface area (Å²) in [6.07, 6.45) is 5.71. The normalized spacial score (nSPS) is 42.4. The van der Waals surface area contributed by atoms with Gasteiger partial charge in [0.25, 0.3) is 0 Å². The molecule has 0 radical (unpaired) electrons. The SMILES string of the molecule is CC1CCC(NC(=O)C2(C)CCCCN2)C1C. The van der Waals surface area contributed by atoms with Crippen molar-refractivity contribution in [1.29, 1.82) is 0 Å². The number of hydrogen-bond acceptors (Lipinski definition) is 2. The van der Waals surface area contributed by atoms with Crippen LogP contribution < -0.4 is 10.6 Å². The zero-order valence-electron chi connectivity index (χ0n) is 11.4. The monoisotopic (exact) mass is 238 g/mol. The van der Waals surface area contributed by atoms with Gasteiger partial charge in [-0.05, 0) is 57.4 Å². The molecule has 17 heavy (non-hydrogen) atoms. The summed E-state index contributed by atoms with van der Waals surface area (Å²) in [6.45, 7) is 7.57. The average molecular weight is 238 g/mol. The van der Waals surface area contributed by atoms with Gasteiger partial charge in [-0.25, -0.2) is 0 Å². The van der Waals surface area contributed by atoms with E-state index in [9.17, 15) is 4.79 Å². The third-order valence-corrected chi connectivity index (χ3v) is 4.90. The van der Waals surface area contributed by atoms with E-state index in [2.05, 4.69) is 24.5 Å². The first-order valence-electron chi connectivity index (χ1n) is 7.09. The van der Waals surface area contributed by atoms with Crippen LogP contribution in [-0.4, -0.2) is 24.0 Å². The molecule has 4 atom stereocenters. The van der Waals surface area contributed by atoms with Crippen molar-refractivity contribution < 1.29 is 4.79 Å². The molecule has 2 rings (SSSR count). The Balaban J connectivity index is 1.92. The van der Waals surface area contributed by atoms with E-state index >= 15 is 0 Å². The maximum atomic E-state index is 12.4. The number of piperidine rings is 1. The molecule has 2 aliphatic rings. The first kappa shape index (κ1) is 12.9. The van der Waals surface area contributed by atoms with Gasteiger partial charge in [0.1, 0.15) is 0 Å². The van der Waals surface area contributed by atoms with Gasteiger partial charge in [-0.3, -0.25) is 4.79 Å². The summed E-state index contributed by atoms with van der Waals surface area (Å²) in [4.78, 5) is 12.4. The third-order valence-electron chi connectivity index (χ3n) is 4.90. The highest BCUT2D eigenvalue weighted by Gasteiger charge is 2.38. The van der Waals surface area contributed by atoms with Crippen molar-refractivity contribution in [2.24, 2.45) is 11.8 Å². The lowest BCUT2D eigenvalue weighted by Gasteiger charge is -2.35. The number of nitrogens with one attached hydrogen (secondary N) is 2. The number of amides is 1. The second kappa shape index (κ2) is 4.97. The van der Waals surface area contributed by atoms with Gasteiger partial charge in [0.15, 0.2) is 0 Å². The molecule has 1 amide bonds. The zero-order chi connectivity index (χ0) is 12.5. The smallest absolute Gasteiger partial charge is 0.240 e. The maximum Gasteiger partial charge on any atom is 0.240 e. The maximum absolute atomic E-state index is 12.4. The molecule has 1 saturated heterocycles. The largest absolute Gasteiger partial charge is 0.351 e. The van der Waals surface area contributed by atoms with Crippen molar-refractivity contribution in [1.82, 2.24) is 10.6 Å². The molecular formula is C14H26N2O. The fourth-order valence-electron chi connectivity index (χ4n) is 3.15. The number of hydrogen-bond donors (Lipinski definition) is 2. The van der Waals surface area contributed by atoms with Crippen molar-refractivity contribution in [3.8, 4) is 0 Å². The van der Waals surface area contributed by atoms with Crippen LogP contribution in [0.4, 0.5) is 0 Å². The summed E-state index contributed by atoms with van der Waals surface area (Å²) in [5.41, 5.74) is -0.330. The predicted octanol–water partition coefficient (Wildman–Crippen LogP) is 2.07. The van der Waals surface area contributed by atoms with E-state index in [0.717, 1.165) is 31.7 Å². The van der Waals surface area contributed by atoms with Crippen LogP contribution in [0.3, 0.4) is 0 Å². The molecule has 3 nitrogen and oxygen atoms in total. The quantitative estimate of drug-likeness (QED) is 0.773. The lowest BCUT2D eigenvalue weighted by Crippen LogP contribution is -2.59. The Morgan fingerprint density at radius 1 is 1.29 bits per heavy atom. The molecule has 1 aliphatic heterocycles. The molecule has 1 aliphatic carbocycles. The Hall–Kier alpha value is -0.570. The van der Waals surface area contributed by atoms with E-state index in [-0.39, 0.29) is 11.4 Å². The van der Waals surface area contributed by atoms with Crippen molar-refractivity contribution in [2.75, 3.05) is 6.54 Å². The highest BCUT2D eigenvalue weighted by molar-refractivity contribution is 5.86. The van der Waals surface area contributed by atoms with Gasteiger partial charge in [-0.1, -0.05) is 13.8 Å². The van der Waals surface area contributed by atoms with E-state index < -0.39 is 0 Å². The molecule has 0 spiro atoms. The van der Waals surface area contributed by atoms with Gasteiger partial charge >= 0.3 is 0 Å². The lowest BCUT2D eigenvalue weighted by molar-refractivity contribution is -0.128. The molecule has 1 saturated carbocycles. The molecule has 0 aromatic heterocycles. The van der Waals surface area contributed by atoms with Crippen LogP contribution in [0.2, 0.25) is 0 Å². The Labute approximate surface area is 105 Å². The Bertz CT molecular complexity index is 284. The van der Waals surface area contributed by atoms with E-state index in [1.807, 2.05) is 6.92 Å². The van der Waals surface area contributed by atoms with Crippen molar-refractivity contribution in [3.63, 3.8) is 0 Å². The van der Waals surface area contributed by atoms with E-state index in [0.29, 0.717) is 12.0 Å². The molecule has 3 heteroatoms. The van der Waals surface area contributed by atoms with Crippen LogP contribution in [0.15, 0.2) is 0 Å². The van der Waals surface area contributed by atoms with Crippen LogP contribution in [0, 0.1) is 11.8 Å². The van der Waals surface area contributed by atoms with Gasteiger partial charge in [0.2, 0.25) is 5.91 Å². The summed E-state index contributed by atoms with van der Waals surface area (Å²) in [5.74, 6) is 1.57. The summed E-state index contributed by atoms with van der Waals surface area (Å²) in [6, 6.07) is 0.387. The minimum absolute atomic E-state index is 0.211. The highest BCUT2D eigenvalue weighted by atomic mass is 16.2. The minimum Gasteiger partial charge on any atom is -0.351 e. The minimum atomic E-state index is -0.330. The molecule has 2 fully saturated rings. The summed E-state index contributed by atoms with van der Waals surface area (Å²) in [5, 5.41) is 6.65. The van der Waals surface area contributed by atoms with Gasteiger partial charge in [-0.2, -0.15) is 0 Å². The van der Waals surface area contributed by atoms with Crippen LogP contribution in [-0.2, 0) is 4.79 Å². The summed E-state index contributed by atoms with van der Waals surface area (Å²) in [7, 11) is 0.